The van der Waals surface area contributed by atoms with Gasteiger partial charge in [0.05, 0.1) is 6.61 Å². The summed E-state index contributed by atoms with van der Waals surface area (Å²) in [6.45, 7) is 0.0306. The fourth-order valence-corrected chi connectivity index (χ4v) is 2.20. The van der Waals surface area contributed by atoms with E-state index < -0.39 is 0 Å². The Hall–Kier alpha value is -2.59. The molecule has 3 aromatic rings. The van der Waals surface area contributed by atoms with Gasteiger partial charge in [0.25, 0.3) is 0 Å². The van der Waals surface area contributed by atoms with Crippen LogP contribution in [0.15, 0.2) is 63.8 Å². The van der Waals surface area contributed by atoms with Crippen molar-refractivity contribution in [2.75, 3.05) is 13.2 Å². The first-order chi connectivity index (χ1) is 10.3. The fraction of sp³-hybridized carbons (Fsp3) is 0.118. The van der Waals surface area contributed by atoms with Crippen molar-refractivity contribution >= 4 is 11.0 Å². The number of rotatable bonds is 4. The minimum atomic E-state index is -0.163. The van der Waals surface area contributed by atoms with Crippen LogP contribution in [0.1, 0.15) is 0 Å². The highest BCUT2D eigenvalue weighted by Crippen LogP contribution is 2.27. The Morgan fingerprint density at radius 2 is 1.86 bits per heavy atom. The number of fused-ring (bicyclic) bond motifs is 1. The number of benzene rings is 2. The predicted molar refractivity (Wildman–Crippen MR) is 80.5 cm³/mol. The number of aliphatic hydroxyl groups is 1. The summed E-state index contributed by atoms with van der Waals surface area (Å²) in [5.74, 6) is 0.947. The van der Waals surface area contributed by atoms with E-state index in [2.05, 4.69) is 0 Å². The van der Waals surface area contributed by atoms with Gasteiger partial charge in [0.1, 0.15) is 29.1 Å². The summed E-state index contributed by atoms with van der Waals surface area (Å²) in [6, 6.07) is 16.1. The first-order valence-electron chi connectivity index (χ1n) is 6.65. The summed E-state index contributed by atoms with van der Waals surface area (Å²) in [6.07, 6.45) is 0. The summed E-state index contributed by atoms with van der Waals surface area (Å²) in [4.78, 5) is 12.4. The molecule has 2 aromatic carbocycles. The topological polar surface area (TPSA) is 59.7 Å². The van der Waals surface area contributed by atoms with Crippen LogP contribution in [0.3, 0.4) is 0 Å². The summed E-state index contributed by atoms with van der Waals surface area (Å²) in [5.41, 5.74) is 1.15. The van der Waals surface area contributed by atoms with E-state index in [-0.39, 0.29) is 18.6 Å². The van der Waals surface area contributed by atoms with Gasteiger partial charge >= 0.3 is 0 Å². The highest BCUT2D eigenvalue weighted by atomic mass is 16.5. The van der Waals surface area contributed by atoms with Gasteiger partial charge in [-0.3, -0.25) is 4.79 Å². The van der Waals surface area contributed by atoms with Crippen LogP contribution in [-0.4, -0.2) is 18.3 Å². The Balaban J connectivity index is 2.16. The van der Waals surface area contributed by atoms with Crippen molar-refractivity contribution in [1.82, 2.24) is 0 Å². The van der Waals surface area contributed by atoms with Crippen LogP contribution >= 0.6 is 0 Å². The van der Waals surface area contributed by atoms with Crippen molar-refractivity contribution in [3.05, 3.63) is 64.8 Å². The average molecular weight is 282 g/mol. The Labute approximate surface area is 121 Å². The van der Waals surface area contributed by atoms with Gasteiger partial charge in [0.2, 0.25) is 0 Å². The molecule has 0 fully saturated rings. The lowest BCUT2D eigenvalue weighted by molar-refractivity contribution is 0.202. The third-order valence-corrected chi connectivity index (χ3v) is 3.12. The van der Waals surface area contributed by atoms with Crippen molar-refractivity contribution < 1.29 is 14.3 Å². The zero-order chi connectivity index (χ0) is 14.7. The Kier molecular flexibility index (Phi) is 3.71. The molecule has 0 aliphatic rings. The van der Waals surface area contributed by atoms with Crippen molar-refractivity contribution in [3.8, 4) is 17.1 Å². The smallest absolute Gasteiger partial charge is 0.197 e. The highest BCUT2D eigenvalue weighted by molar-refractivity contribution is 5.84. The van der Waals surface area contributed by atoms with Crippen LogP contribution < -0.4 is 10.2 Å². The first-order valence-corrected chi connectivity index (χ1v) is 6.65. The van der Waals surface area contributed by atoms with E-state index in [9.17, 15) is 4.79 Å². The van der Waals surface area contributed by atoms with E-state index in [1.807, 2.05) is 30.3 Å². The molecule has 0 amide bonds. The molecule has 0 aliphatic heterocycles. The molecule has 4 nitrogen and oxygen atoms in total. The number of hydrogen-bond acceptors (Lipinski definition) is 4. The molecule has 0 saturated carbocycles. The molecule has 106 valence electrons. The van der Waals surface area contributed by atoms with Crippen molar-refractivity contribution in [2.24, 2.45) is 0 Å². The molecule has 0 aliphatic carbocycles. The summed E-state index contributed by atoms with van der Waals surface area (Å²) >= 11 is 0. The van der Waals surface area contributed by atoms with Crippen molar-refractivity contribution in [3.63, 3.8) is 0 Å². The Bertz CT molecular complexity index is 806. The average Bonchev–Trinajstić information content (AvgIpc) is 2.53. The quantitative estimate of drug-likeness (QED) is 0.799. The van der Waals surface area contributed by atoms with E-state index >= 15 is 0 Å². The third kappa shape index (κ3) is 2.66. The van der Waals surface area contributed by atoms with Crippen LogP contribution in [-0.2, 0) is 0 Å². The van der Waals surface area contributed by atoms with E-state index in [4.69, 9.17) is 14.3 Å². The molecule has 1 heterocycles. The van der Waals surface area contributed by atoms with E-state index in [0.29, 0.717) is 22.5 Å². The van der Waals surface area contributed by atoms with E-state index in [1.54, 1.807) is 18.2 Å². The van der Waals surface area contributed by atoms with Gasteiger partial charge in [0.15, 0.2) is 5.43 Å². The third-order valence-electron chi connectivity index (χ3n) is 3.12. The largest absolute Gasteiger partial charge is 0.490 e. The van der Waals surface area contributed by atoms with Gasteiger partial charge < -0.3 is 14.3 Å². The Morgan fingerprint density at radius 1 is 1.05 bits per heavy atom. The maximum atomic E-state index is 12.4. The second-order valence-corrected chi connectivity index (χ2v) is 4.54. The molecular formula is C17H14O4. The lowest BCUT2D eigenvalue weighted by Gasteiger charge is -2.08. The van der Waals surface area contributed by atoms with Crippen LogP contribution in [0.5, 0.6) is 5.75 Å². The maximum absolute atomic E-state index is 12.4. The zero-order valence-electron chi connectivity index (χ0n) is 11.3. The summed E-state index contributed by atoms with van der Waals surface area (Å²) < 4.78 is 11.2. The highest BCUT2D eigenvalue weighted by Gasteiger charge is 2.11. The van der Waals surface area contributed by atoms with Crippen molar-refractivity contribution in [2.45, 2.75) is 0 Å². The molecule has 0 spiro atoms. The molecule has 1 N–H and O–H groups in total. The molecule has 21 heavy (non-hydrogen) atoms. The van der Waals surface area contributed by atoms with E-state index in [0.717, 1.165) is 5.56 Å². The lowest BCUT2D eigenvalue weighted by atomic mass is 10.1. The van der Waals surface area contributed by atoms with Gasteiger partial charge in [-0.2, -0.15) is 0 Å². The van der Waals surface area contributed by atoms with Crippen LogP contribution in [0.4, 0.5) is 0 Å². The van der Waals surface area contributed by atoms with Crippen LogP contribution in [0.25, 0.3) is 22.3 Å². The number of aliphatic hydroxyl groups excluding tert-OH is 1. The molecule has 3 rings (SSSR count). The van der Waals surface area contributed by atoms with Gasteiger partial charge in [-0.1, -0.05) is 36.4 Å². The molecule has 0 unspecified atom stereocenters. The molecular weight excluding hydrogens is 268 g/mol. The van der Waals surface area contributed by atoms with Crippen molar-refractivity contribution in [1.29, 1.82) is 0 Å². The van der Waals surface area contributed by atoms with Gasteiger partial charge in [-0.25, -0.2) is 0 Å². The second-order valence-electron chi connectivity index (χ2n) is 4.54. The molecule has 0 radical (unpaired) electrons. The second kappa shape index (κ2) is 5.81. The molecule has 0 atom stereocenters. The minimum Gasteiger partial charge on any atom is -0.490 e. The molecule has 0 bridgehead atoms. The number of hydrogen-bond donors (Lipinski definition) is 1. The lowest BCUT2D eigenvalue weighted by Crippen LogP contribution is -2.07. The SMILES string of the molecule is O=c1cc(-c2ccccc2)oc2cccc(OCCO)c12. The number of ether oxygens (including phenoxy) is 1. The zero-order valence-corrected chi connectivity index (χ0v) is 11.3. The Morgan fingerprint density at radius 3 is 2.62 bits per heavy atom. The summed E-state index contributed by atoms with van der Waals surface area (Å²) in [7, 11) is 0. The molecule has 0 saturated heterocycles. The molecule has 1 aromatic heterocycles. The fourth-order valence-electron chi connectivity index (χ4n) is 2.20. The standard InChI is InChI=1S/C17H14O4/c18-9-10-20-14-7-4-8-15-17(14)13(19)11-16(21-15)12-5-2-1-3-6-12/h1-8,11,18H,9-10H2. The predicted octanol–water partition coefficient (Wildman–Crippen LogP) is 2.83. The monoisotopic (exact) mass is 282 g/mol. The van der Waals surface area contributed by atoms with E-state index in [1.165, 1.54) is 6.07 Å². The maximum Gasteiger partial charge on any atom is 0.197 e. The first kappa shape index (κ1) is 13.4. The van der Waals surface area contributed by atoms with Crippen LogP contribution in [0.2, 0.25) is 0 Å². The minimum absolute atomic E-state index is 0.107. The van der Waals surface area contributed by atoms with Gasteiger partial charge in [-0.05, 0) is 12.1 Å². The molecule has 4 heteroatoms. The van der Waals surface area contributed by atoms with Crippen LogP contribution in [0, 0.1) is 0 Å². The van der Waals surface area contributed by atoms with Gasteiger partial charge in [0, 0.05) is 11.6 Å². The summed E-state index contributed by atoms with van der Waals surface area (Å²) in [5, 5.41) is 9.23. The van der Waals surface area contributed by atoms with Gasteiger partial charge in [-0.15, -0.1) is 0 Å². The normalized spacial score (nSPS) is 10.7.